The molecule has 43 heavy (non-hydrogen) atoms. The summed E-state index contributed by atoms with van der Waals surface area (Å²) in [5.74, 6) is -1.37. The molecule has 9 heteroatoms. The highest BCUT2D eigenvalue weighted by atomic mass is 16.7. The number of ether oxygens (including phenoxy) is 4. The van der Waals surface area contributed by atoms with Gasteiger partial charge in [-0.25, -0.2) is 19.1 Å². The highest BCUT2D eigenvalue weighted by Gasteiger charge is 2.32. The van der Waals surface area contributed by atoms with Gasteiger partial charge >= 0.3 is 18.1 Å². The Kier molecular flexibility index (Phi) is 7.44. The Morgan fingerprint density at radius 1 is 0.721 bits per heavy atom. The van der Waals surface area contributed by atoms with Crippen LogP contribution in [-0.4, -0.2) is 48.7 Å². The molecule has 1 aliphatic rings. The van der Waals surface area contributed by atoms with Gasteiger partial charge < -0.3 is 18.9 Å². The lowest BCUT2D eigenvalue weighted by molar-refractivity contribution is 0.0549. The number of esters is 2. The summed E-state index contributed by atoms with van der Waals surface area (Å²) >= 11 is 0. The molecule has 6 rings (SSSR count). The molecule has 214 valence electrons. The Hall–Kier alpha value is -5.70. The van der Waals surface area contributed by atoms with E-state index in [1.807, 2.05) is 42.5 Å². The number of aromatic nitrogens is 2. The van der Waals surface area contributed by atoms with Crippen molar-refractivity contribution in [3.63, 3.8) is 0 Å². The molecular formula is C34H26N2O7. The Morgan fingerprint density at radius 3 is 1.91 bits per heavy atom. The first-order chi connectivity index (χ1) is 21.0. The molecule has 0 fully saturated rings. The zero-order valence-electron chi connectivity index (χ0n) is 23.4. The van der Waals surface area contributed by atoms with Crippen molar-refractivity contribution in [2.24, 2.45) is 0 Å². The largest absolute Gasteiger partial charge is 0.513 e. The number of nitrogens with zero attached hydrogens (tertiary/aromatic N) is 2. The van der Waals surface area contributed by atoms with Crippen LogP contribution < -0.4 is 4.74 Å². The van der Waals surface area contributed by atoms with E-state index in [-0.39, 0.29) is 35.2 Å². The van der Waals surface area contributed by atoms with E-state index in [2.05, 4.69) is 17.2 Å². The Bertz CT molecular complexity index is 1780. The molecule has 0 aliphatic heterocycles. The van der Waals surface area contributed by atoms with Crippen molar-refractivity contribution in [1.82, 2.24) is 9.78 Å². The second-order valence-corrected chi connectivity index (χ2v) is 9.72. The van der Waals surface area contributed by atoms with Crippen molar-refractivity contribution in [1.29, 1.82) is 0 Å². The number of hydrogen-bond acceptors (Lipinski definition) is 8. The van der Waals surface area contributed by atoms with Crippen LogP contribution in [0.3, 0.4) is 0 Å². The molecule has 1 aromatic heterocycles. The van der Waals surface area contributed by atoms with E-state index in [1.165, 1.54) is 18.9 Å². The summed E-state index contributed by atoms with van der Waals surface area (Å²) in [5, 5.41) is 4.57. The minimum absolute atomic E-state index is 0.0524. The van der Waals surface area contributed by atoms with Gasteiger partial charge in [0.2, 0.25) is 0 Å². The monoisotopic (exact) mass is 574 g/mol. The van der Waals surface area contributed by atoms with Crippen LogP contribution in [0.5, 0.6) is 5.75 Å². The number of carbonyl (C=O) groups excluding carboxylic acids is 3. The lowest BCUT2D eigenvalue weighted by atomic mass is 9.98. The average Bonchev–Trinajstić information content (AvgIpc) is 3.61. The third-order valence-electron chi connectivity index (χ3n) is 7.31. The summed E-state index contributed by atoms with van der Waals surface area (Å²) in [4.78, 5) is 38.3. The summed E-state index contributed by atoms with van der Waals surface area (Å²) in [6, 6.07) is 31.4. The fourth-order valence-electron chi connectivity index (χ4n) is 5.35. The van der Waals surface area contributed by atoms with Crippen molar-refractivity contribution in [2.45, 2.75) is 5.92 Å². The fraction of sp³-hybridized carbons (Fsp3) is 0.118. The predicted octanol–water partition coefficient (Wildman–Crippen LogP) is 6.44. The zero-order chi connectivity index (χ0) is 29.9. The van der Waals surface area contributed by atoms with Crippen LogP contribution in [0.1, 0.15) is 37.9 Å². The highest BCUT2D eigenvalue weighted by molar-refractivity contribution is 6.06. The van der Waals surface area contributed by atoms with E-state index in [4.69, 9.17) is 18.9 Å². The van der Waals surface area contributed by atoms with E-state index in [9.17, 15) is 14.4 Å². The number of benzene rings is 4. The smallest absolute Gasteiger partial charge is 0.465 e. The van der Waals surface area contributed by atoms with Crippen LogP contribution in [0.2, 0.25) is 0 Å². The predicted molar refractivity (Wildman–Crippen MR) is 157 cm³/mol. The molecular weight excluding hydrogens is 548 g/mol. The fourth-order valence-corrected chi connectivity index (χ4v) is 5.35. The van der Waals surface area contributed by atoms with Crippen molar-refractivity contribution >= 4 is 18.1 Å². The van der Waals surface area contributed by atoms with Crippen LogP contribution >= 0.6 is 0 Å². The molecule has 9 nitrogen and oxygen atoms in total. The summed E-state index contributed by atoms with van der Waals surface area (Å²) in [6.07, 6.45) is -0.841. The van der Waals surface area contributed by atoms with Gasteiger partial charge in [-0.2, -0.15) is 5.10 Å². The van der Waals surface area contributed by atoms with Crippen molar-refractivity contribution in [2.75, 3.05) is 20.8 Å². The van der Waals surface area contributed by atoms with Crippen molar-refractivity contribution in [3.8, 4) is 33.8 Å². The molecule has 0 atom stereocenters. The first-order valence-electron chi connectivity index (χ1n) is 13.5. The summed E-state index contributed by atoms with van der Waals surface area (Å²) in [7, 11) is 2.44. The molecule has 1 aliphatic carbocycles. The first-order valence-corrected chi connectivity index (χ1v) is 13.5. The SMILES string of the molecule is COC(=O)c1c(-c2ccc(OC(=O)OCC3c4ccccc4-c4ccccc43)cc2)nn(-c2ccccc2)c1C(=O)OC. The molecule has 0 saturated heterocycles. The molecule has 1 heterocycles. The standard InChI is InChI=1S/C34H26N2O7/c1-40-32(37)29-30(35-36(31(29)33(38)41-2)22-10-4-3-5-11-22)21-16-18-23(19-17-21)43-34(39)42-20-28-26-14-8-6-12-24(26)25-13-7-9-15-27(25)28/h3-19,28H,20H2,1-2H3. The number of para-hydroxylation sites is 1. The minimum Gasteiger partial charge on any atom is -0.465 e. The third-order valence-corrected chi connectivity index (χ3v) is 7.31. The lowest BCUT2D eigenvalue weighted by Gasteiger charge is -2.14. The lowest BCUT2D eigenvalue weighted by Crippen LogP contribution is -2.16. The first kappa shape index (κ1) is 27.5. The van der Waals surface area contributed by atoms with Gasteiger partial charge in [0.1, 0.15) is 23.6 Å². The molecule has 0 unspecified atom stereocenters. The maximum absolute atomic E-state index is 12.9. The van der Waals surface area contributed by atoms with E-state index < -0.39 is 18.1 Å². The topological polar surface area (TPSA) is 106 Å². The zero-order valence-corrected chi connectivity index (χ0v) is 23.4. The maximum atomic E-state index is 12.9. The van der Waals surface area contributed by atoms with Gasteiger partial charge in [0.05, 0.1) is 19.9 Å². The summed E-state index contributed by atoms with van der Waals surface area (Å²) in [5.41, 5.74) is 5.57. The number of rotatable bonds is 7. The maximum Gasteiger partial charge on any atom is 0.513 e. The van der Waals surface area contributed by atoms with Crippen LogP contribution in [-0.2, 0) is 14.2 Å². The Labute approximate surface area is 247 Å². The quantitative estimate of drug-likeness (QED) is 0.124. The van der Waals surface area contributed by atoms with Gasteiger partial charge in [0, 0.05) is 11.5 Å². The van der Waals surface area contributed by atoms with Gasteiger partial charge in [-0.05, 0) is 58.7 Å². The third kappa shape index (κ3) is 5.12. The molecule has 0 bridgehead atoms. The van der Waals surface area contributed by atoms with Crippen LogP contribution in [0.25, 0.3) is 28.1 Å². The summed E-state index contributed by atoms with van der Waals surface area (Å²) in [6.45, 7) is 0.126. The molecule has 0 N–H and O–H groups in total. The highest BCUT2D eigenvalue weighted by Crippen LogP contribution is 2.44. The Morgan fingerprint density at radius 2 is 1.30 bits per heavy atom. The number of fused-ring (bicyclic) bond motifs is 3. The van der Waals surface area contributed by atoms with E-state index in [1.54, 1.807) is 48.5 Å². The second-order valence-electron chi connectivity index (χ2n) is 9.72. The van der Waals surface area contributed by atoms with E-state index in [0.29, 0.717) is 11.3 Å². The molecule has 0 saturated carbocycles. The molecule has 0 spiro atoms. The van der Waals surface area contributed by atoms with Gasteiger partial charge in [0.15, 0.2) is 5.69 Å². The van der Waals surface area contributed by atoms with Crippen LogP contribution in [0.15, 0.2) is 103 Å². The summed E-state index contributed by atoms with van der Waals surface area (Å²) < 4.78 is 22.3. The van der Waals surface area contributed by atoms with Crippen LogP contribution in [0, 0.1) is 0 Å². The molecule has 0 amide bonds. The number of methoxy groups -OCH3 is 2. The van der Waals surface area contributed by atoms with Crippen molar-refractivity contribution in [3.05, 3.63) is 126 Å². The Balaban J connectivity index is 1.23. The average molecular weight is 575 g/mol. The van der Waals surface area contributed by atoms with Gasteiger partial charge in [-0.1, -0.05) is 66.7 Å². The molecule has 0 radical (unpaired) electrons. The molecule has 5 aromatic rings. The van der Waals surface area contributed by atoms with E-state index in [0.717, 1.165) is 22.3 Å². The van der Waals surface area contributed by atoms with Crippen molar-refractivity contribution < 1.29 is 33.3 Å². The van der Waals surface area contributed by atoms with Gasteiger partial charge in [0.25, 0.3) is 0 Å². The van der Waals surface area contributed by atoms with Gasteiger partial charge in [-0.15, -0.1) is 0 Å². The number of carbonyl (C=O) groups is 3. The second kappa shape index (κ2) is 11.7. The van der Waals surface area contributed by atoms with Crippen LogP contribution in [0.4, 0.5) is 4.79 Å². The van der Waals surface area contributed by atoms with Gasteiger partial charge in [-0.3, -0.25) is 0 Å². The normalized spacial score (nSPS) is 11.8. The van der Waals surface area contributed by atoms with E-state index >= 15 is 0 Å². The minimum atomic E-state index is -0.841. The molecule has 4 aromatic carbocycles. The number of hydrogen-bond donors (Lipinski definition) is 0.